The van der Waals surface area contributed by atoms with Crippen molar-refractivity contribution in [1.29, 1.82) is 0 Å². The number of nitrogens with zero attached hydrogens (tertiary/aromatic N) is 2. The van der Waals surface area contributed by atoms with E-state index in [4.69, 9.17) is 0 Å². The minimum Gasteiger partial charge on any atom is -0.313 e. The lowest BCUT2D eigenvalue weighted by Gasteiger charge is -2.31. The van der Waals surface area contributed by atoms with Gasteiger partial charge in [0.25, 0.3) is 5.91 Å². The van der Waals surface area contributed by atoms with Gasteiger partial charge in [0.05, 0.1) is 4.90 Å². The highest BCUT2D eigenvalue weighted by atomic mass is 32.2. The maximum atomic E-state index is 13.9. The maximum absolute atomic E-state index is 13.9. The van der Waals surface area contributed by atoms with Gasteiger partial charge < -0.3 is 4.90 Å². The van der Waals surface area contributed by atoms with Crippen LogP contribution >= 0.6 is 0 Å². The Labute approximate surface area is 222 Å². The highest BCUT2D eigenvalue weighted by molar-refractivity contribution is 7.89. The van der Waals surface area contributed by atoms with Gasteiger partial charge in [-0.2, -0.15) is 4.31 Å². The number of hydroxylamine groups is 1. The quantitative estimate of drug-likeness (QED) is 0.272. The van der Waals surface area contributed by atoms with Gasteiger partial charge in [-0.15, -0.1) is 0 Å². The smallest absolute Gasteiger partial charge is 0.261 e. The molecule has 9 heteroatoms. The number of rotatable bonds is 13. The third-order valence-corrected chi connectivity index (χ3v) is 8.31. The molecule has 0 aliphatic carbocycles. The second-order valence-electron chi connectivity index (χ2n) is 11.0. The number of benzene rings is 2. The fraction of sp³-hybridized carbons (Fsp3) is 0.571. The third-order valence-electron chi connectivity index (χ3n) is 6.41. The monoisotopic (exact) mass is 533 g/mol. The Morgan fingerprint density at radius 3 is 2.00 bits per heavy atom. The van der Waals surface area contributed by atoms with Crippen molar-refractivity contribution in [2.45, 2.75) is 78.7 Å². The molecule has 0 aromatic heterocycles. The van der Waals surface area contributed by atoms with Crippen LogP contribution in [0.4, 0.5) is 5.69 Å². The van der Waals surface area contributed by atoms with E-state index >= 15 is 0 Å². The van der Waals surface area contributed by atoms with Crippen molar-refractivity contribution in [1.82, 2.24) is 9.79 Å². The van der Waals surface area contributed by atoms with Crippen LogP contribution in [0.15, 0.2) is 41.3 Å². The molecule has 0 aliphatic heterocycles. The summed E-state index contributed by atoms with van der Waals surface area (Å²) < 4.78 is 29.1. The molecule has 2 rings (SSSR count). The predicted molar refractivity (Wildman–Crippen MR) is 148 cm³/mol. The second-order valence-corrected chi connectivity index (χ2v) is 12.9. The first kappa shape index (κ1) is 30.7. The molecule has 0 heterocycles. The summed E-state index contributed by atoms with van der Waals surface area (Å²) in [7, 11) is -4.08. The van der Waals surface area contributed by atoms with Crippen molar-refractivity contribution in [2.24, 2.45) is 17.8 Å². The van der Waals surface area contributed by atoms with E-state index in [9.17, 15) is 23.2 Å². The van der Waals surface area contributed by atoms with E-state index < -0.39 is 22.0 Å². The van der Waals surface area contributed by atoms with E-state index in [1.807, 2.05) is 45.9 Å². The average Bonchev–Trinajstić information content (AvgIpc) is 2.81. The summed E-state index contributed by atoms with van der Waals surface area (Å²) in [5, 5.41) is 10.9. The van der Waals surface area contributed by atoms with Gasteiger partial charge in [-0.05, 0) is 72.1 Å². The Hall–Kier alpha value is -2.49. The largest absolute Gasteiger partial charge is 0.313 e. The van der Waals surface area contributed by atoms with E-state index in [-0.39, 0.29) is 35.6 Å². The summed E-state index contributed by atoms with van der Waals surface area (Å²) in [6.07, 6.45) is 1.68. The minimum atomic E-state index is -4.08. The Morgan fingerprint density at radius 2 is 1.46 bits per heavy atom. The van der Waals surface area contributed by atoms with E-state index in [2.05, 4.69) is 13.8 Å². The molecule has 0 saturated carbocycles. The Kier molecular flexibility index (Phi) is 11.1. The Balaban J connectivity index is 2.58. The van der Waals surface area contributed by atoms with Gasteiger partial charge in [0.15, 0.2) is 0 Å². The standard InChI is InChI=1S/C28H43N3O5S/c1-19(2)12-14-30(22(7)32)25-10-8-23-9-11-26(18-24(23)17-25)37(35,36)31(15-13-20(3)4)27(16-21(5)6)28(33)29-34/h8-11,17-21,27,34H,12-16H2,1-7H3,(H,29,33). The highest BCUT2D eigenvalue weighted by Crippen LogP contribution is 2.29. The number of nitrogens with one attached hydrogen (secondary N) is 1. The molecule has 2 amide bonds. The summed E-state index contributed by atoms with van der Waals surface area (Å²) in [4.78, 5) is 26.7. The van der Waals surface area contributed by atoms with Crippen LogP contribution in [0.5, 0.6) is 0 Å². The average molecular weight is 534 g/mol. The molecule has 2 aromatic carbocycles. The number of fused-ring (bicyclic) bond motifs is 1. The van der Waals surface area contributed by atoms with Crippen LogP contribution in [0, 0.1) is 17.8 Å². The zero-order valence-electron chi connectivity index (χ0n) is 23.2. The van der Waals surface area contributed by atoms with E-state index in [1.165, 1.54) is 11.2 Å². The van der Waals surface area contributed by atoms with Gasteiger partial charge in [-0.25, -0.2) is 13.9 Å². The van der Waals surface area contributed by atoms with E-state index in [0.717, 1.165) is 11.8 Å². The van der Waals surface area contributed by atoms with Gasteiger partial charge in [-0.3, -0.25) is 14.8 Å². The molecule has 206 valence electrons. The molecule has 2 aromatic rings. The molecular weight excluding hydrogens is 490 g/mol. The number of hydrogen-bond donors (Lipinski definition) is 2. The molecule has 0 bridgehead atoms. The van der Waals surface area contributed by atoms with Crippen molar-refractivity contribution in [3.8, 4) is 0 Å². The fourth-order valence-electron chi connectivity index (χ4n) is 4.24. The van der Waals surface area contributed by atoms with Gasteiger partial charge >= 0.3 is 0 Å². The normalized spacial score (nSPS) is 13.1. The molecule has 0 spiro atoms. The van der Waals surface area contributed by atoms with Crippen LogP contribution in [-0.4, -0.2) is 48.9 Å². The van der Waals surface area contributed by atoms with Crippen molar-refractivity contribution in [3.63, 3.8) is 0 Å². The molecule has 37 heavy (non-hydrogen) atoms. The second kappa shape index (κ2) is 13.3. The first-order valence-electron chi connectivity index (χ1n) is 13.1. The van der Waals surface area contributed by atoms with Crippen LogP contribution in [0.2, 0.25) is 0 Å². The van der Waals surface area contributed by atoms with Crippen LogP contribution in [0.3, 0.4) is 0 Å². The molecule has 2 N–H and O–H groups in total. The Bertz CT molecular complexity index is 1180. The van der Waals surface area contributed by atoms with E-state index in [0.29, 0.717) is 30.0 Å². The van der Waals surface area contributed by atoms with Crippen LogP contribution in [-0.2, 0) is 19.6 Å². The topological polar surface area (TPSA) is 107 Å². The van der Waals surface area contributed by atoms with Crippen LogP contribution in [0.1, 0.15) is 67.7 Å². The zero-order chi connectivity index (χ0) is 27.9. The maximum Gasteiger partial charge on any atom is 0.261 e. The summed E-state index contributed by atoms with van der Waals surface area (Å²) in [6, 6.07) is 9.43. The molecule has 8 nitrogen and oxygen atoms in total. The predicted octanol–water partition coefficient (Wildman–Crippen LogP) is 5.20. The molecule has 0 aliphatic rings. The van der Waals surface area contributed by atoms with E-state index in [1.54, 1.807) is 28.6 Å². The van der Waals surface area contributed by atoms with Crippen molar-refractivity contribution in [2.75, 3.05) is 18.0 Å². The van der Waals surface area contributed by atoms with Gasteiger partial charge in [0.2, 0.25) is 15.9 Å². The van der Waals surface area contributed by atoms with Crippen molar-refractivity contribution in [3.05, 3.63) is 36.4 Å². The molecule has 1 atom stereocenters. The first-order valence-corrected chi connectivity index (χ1v) is 14.5. The lowest BCUT2D eigenvalue weighted by molar-refractivity contribution is -0.133. The number of carbonyl (C=O) groups excluding carboxylic acids is 2. The van der Waals surface area contributed by atoms with Crippen molar-refractivity contribution >= 4 is 38.3 Å². The number of sulfonamides is 1. The van der Waals surface area contributed by atoms with Gasteiger partial charge in [0.1, 0.15) is 6.04 Å². The summed E-state index contributed by atoms with van der Waals surface area (Å²) in [5.74, 6) is -0.133. The Morgan fingerprint density at radius 1 is 0.865 bits per heavy atom. The zero-order valence-corrected chi connectivity index (χ0v) is 24.0. The highest BCUT2D eigenvalue weighted by Gasteiger charge is 2.36. The van der Waals surface area contributed by atoms with Crippen LogP contribution < -0.4 is 10.4 Å². The van der Waals surface area contributed by atoms with Gasteiger partial charge in [0, 0.05) is 25.7 Å². The number of carbonyl (C=O) groups is 2. The number of hydrogen-bond acceptors (Lipinski definition) is 5. The lowest BCUT2D eigenvalue weighted by Crippen LogP contribution is -2.50. The van der Waals surface area contributed by atoms with Crippen molar-refractivity contribution < 1.29 is 23.2 Å². The summed E-state index contributed by atoms with van der Waals surface area (Å²) >= 11 is 0. The fourth-order valence-corrected chi connectivity index (χ4v) is 5.89. The SMILES string of the molecule is CC(=O)N(CCC(C)C)c1ccc2ccc(S(=O)(=O)N(CCC(C)C)C(CC(C)C)C(=O)NO)cc2c1. The third kappa shape index (κ3) is 8.25. The summed E-state index contributed by atoms with van der Waals surface area (Å²) in [5.41, 5.74) is 2.37. The molecule has 1 unspecified atom stereocenters. The minimum absolute atomic E-state index is 0.0293. The molecule has 0 saturated heterocycles. The lowest BCUT2D eigenvalue weighted by atomic mass is 10.0. The first-order chi connectivity index (χ1) is 17.3. The molecule has 0 radical (unpaired) electrons. The van der Waals surface area contributed by atoms with Crippen LogP contribution in [0.25, 0.3) is 10.8 Å². The van der Waals surface area contributed by atoms with Gasteiger partial charge in [-0.1, -0.05) is 53.7 Å². The number of anilines is 1. The molecule has 0 fully saturated rings. The summed E-state index contributed by atoms with van der Waals surface area (Å²) in [6.45, 7) is 14.2. The number of amides is 2. The molecular formula is C28H43N3O5S.